The van der Waals surface area contributed by atoms with E-state index in [9.17, 15) is 10.1 Å². The number of amides is 1. The first-order valence-corrected chi connectivity index (χ1v) is 10.7. The first-order chi connectivity index (χ1) is 13.3. The summed E-state index contributed by atoms with van der Waals surface area (Å²) in [5.41, 5.74) is 4.41. The number of ether oxygens (including phenoxy) is 1. The van der Waals surface area contributed by atoms with Crippen LogP contribution in [0, 0.1) is 34.9 Å². The highest BCUT2D eigenvalue weighted by molar-refractivity contribution is 7.73. The van der Waals surface area contributed by atoms with Gasteiger partial charge in [0.15, 0.2) is 6.61 Å². The van der Waals surface area contributed by atoms with Gasteiger partial charge >= 0.3 is 0 Å². The Kier molecular flexibility index (Phi) is 6.39. The molecule has 1 aromatic carbocycles. The number of hydrogen-bond acceptors (Lipinski definition) is 5. The lowest BCUT2D eigenvalue weighted by Crippen LogP contribution is -2.21. The highest BCUT2D eigenvalue weighted by atomic mass is 35.5. The first-order valence-electron chi connectivity index (χ1n) is 9.08. The number of aryl methyl sites for hydroxylation is 2. The maximum atomic E-state index is 12.4. The van der Waals surface area contributed by atoms with Crippen LogP contribution in [0.4, 0.5) is 5.00 Å². The van der Waals surface area contributed by atoms with E-state index in [0.717, 1.165) is 45.3 Å². The summed E-state index contributed by atoms with van der Waals surface area (Å²) in [4.78, 5) is 12.4. The van der Waals surface area contributed by atoms with Crippen LogP contribution in [-0.2, 0) is 17.6 Å². The molecule has 1 atom stereocenters. The van der Waals surface area contributed by atoms with Crippen LogP contribution >= 0.6 is 35.2 Å². The van der Waals surface area contributed by atoms with Crippen molar-refractivity contribution in [2.75, 3.05) is 11.9 Å². The van der Waals surface area contributed by atoms with E-state index in [1.807, 2.05) is 13.8 Å². The van der Waals surface area contributed by atoms with Gasteiger partial charge in [0.1, 0.15) is 16.8 Å². The zero-order valence-corrected chi connectivity index (χ0v) is 18.4. The van der Waals surface area contributed by atoms with E-state index in [4.69, 9.17) is 28.6 Å². The minimum absolute atomic E-state index is 0.154. The average molecular weight is 433 g/mol. The van der Waals surface area contributed by atoms with Crippen LogP contribution in [0.1, 0.15) is 41.2 Å². The number of carbonyl (C=O) groups excluding carboxylic acids is 1. The monoisotopic (exact) mass is 432 g/mol. The van der Waals surface area contributed by atoms with Crippen LogP contribution in [0.3, 0.4) is 0 Å². The molecule has 28 heavy (non-hydrogen) atoms. The van der Waals surface area contributed by atoms with Crippen molar-refractivity contribution in [1.29, 1.82) is 5.26 Å². The lowest BCUT2D eigenvalue weighted by atomic mass is 9.85. The van der Waals surface area contributed by atoms with Gasteiger partial charge in [-0.25, -0.2) is 0 Å². The number of nitriles is 1. The molecule has 1 amide bonds. The van der Waals surface area contributed by atoms with E-state index in [1.165, 1.54) is 11.3 Å². The fraction of sp³-hybridized carbons (Fsp3) is 0.381. The highest BCUT2D eigenvalue weighted by Crippen LogP contribution is 2.36. The number of anilines is 1. The van der Waals surface area contributed by atoms with Gasteiger partial charge in [-0.1, -0.05) is 30.7 Å². The Morgan fingerprint density at radius 3 is 2.71 bits per heavy atom. The van der Waals surface area contributed by atoms with Crippen molar-refractivity contribution in [3.63, 3.8) is 0 Å². The normalized spacial score (nSPS) is 15.5. The minimum Gasteiger partial charge on any atom is -0.484 e. The summed E-state index contributed by atoms with van der Waals surface area (Å²) in [6.07, 6.45) is 2.74. The largest absolute Gasteiger partial charge is 0.484 e. The van der Waals surface area contributed by atoms with E-state index in [-0.39, 0.29) is 12.5 Å². The standard InChI is InChI=1S/C21H21ClN2O2S2/c1-11-4-5-15-16(6-11)21(27)28-20(17(15)9-23)24-18(25)10-26-14-7-12(2)19(22)13(3)8-14/h7-8,11H,4-6,10H2,1-3H3,(H,24,25). The number of rotatable bonds is 4. The molecule has 0 aliphatic heterocycles. The number of nitrogens with one attached hydrogen (secondary N) is 1. The summed E-state index contributed by atoms with van der Waals surface area (Å²) in [5, 5.41) is 13.7. The molecule has 3 rings (SSSR count). The summed E-state index contributed by atoms with van der Waals surface area (Å²) in [6.45, 7) is 5.82. The second-order valence-corrected chi connectivity index (χ2v) is 9.28. The number of hydrogen-bond donors (Lipinski definition) is 1. The second kappa shape index (κ2) is 8.60. The summed E-state index contributed by atoms with van der Waals surface area (Å²) >= 11 is 13.0. The van der Waals surface area contributed by atoms with E-state index < -0.39 is 0 Å². The molecule has 7 heteroatoms. The topological polar surface area (TPSA) is 62.1 Å². The Morgan fingerprint density at radius 2 is 2.07 bits per heavy atom. The lowest BCUT2D eigenvalue weighted by molar-refractivity contribution is -0.118. The zero-order valence-electron chi connectivity index (χ0n) is 16.0. The number of halogens is 1. The SMILES string of the molecule is Cc1cc(OCC(=O)Nc2sc(=S)c3c(c2C#N)CCC(C)C3)cc(C)c1Cl. The molecule has 1 aromatic heterocycles. The van der Waals surface area contributed by atoms with Crippen molar-refractivity contribution in [2.24, 2.45) is 5.92 Å². The summed E-state index contributed by atoms with van der Waals surface area (Å²) < 4.78 is 6.36. The predicted octanol–water partition coefficient (Wildman–Crippen LogP) is 5.76. The van der Waals surface area contributed by atoms with Gasteiger partial charge in [-0.2, -0.15) is 5.26 Å². The number of carbonyl (C=O) groups is 1. The smallest absolute Gasteiger partial charge is 0.262 e. The van der Waals surface area contributed by atoms with E-state index in [0.29, 0.717) is 27.3 Å². The van der Waals surface area contributed by atoms with Crippen LogP contribution in [0.15, 0.2) is 12.1 Å². The number of nitrogens with zero attached hydrogens (tertiary/aromatic N) is 1. The Balaban J connectivity index is 1.77. The van der Waals surface area contributed by atoms with Crippen molar-refractivity contribution >= 4 is 46.1 Å². The molecule has 0 spiro atoms. The molecular weight excluding hydrogens is 412 g/mol. The Labute approximate surface area is 179 Å². The van der Waals surface area contributed by atoms with E-state index in [1.54, 1.807) is 12.1 Å². The average Bonchev–Trinajstić information content (AvgIpc) is 2.65. The number of benzene rings is 1. The molecule has 1 N–H and O–H groups in total. The molecule has 1 aliphatic carbocycles. The molecule has 146 valence electrons. The van der Waals surface area contributed by atoms with Crippen molar-refractivity contribution in [1.82, 2.24) is 0 Å². The van der Waals surface area contributed by atoms with Gasteiger partial charge in [0.2, 0.25) is 0 Å². The fourth-order valence-electron chi connectivity index (χ4n) is 3.45. The highest BCUT2D eigenvalue weighted by Gasteiger charge is 2.23. The van der Waals surface area contributed by atoms with E-state index >= 15 is 0 Å². The van der Waals surface area contributed by atoms with Crippen LogP contribution in [0.2, 0.25) is 5.02 Å². The molecule has 0 fully saturated rings. The van der Waals surface area contributed by atoms with Crippen molar-refractivity contribution in [3.05, 3.63) is 48.8 Å². The molecule has 0 radical (unpaired) electrons. The Bertz CT molecular complexity index is 1020. The van der Waals surface area contributed by atoms with E-state index in [2.05, 4.69) is 18.3 Å². The summed E-state index contributed by atoms with van der Waals surface area (Å²) in [7, 11) is 0. The van der Waals surface area contributed by atoms with Crippen molar-refractivity contribution in [2.45, 2.75) is 40.0 Å². The minimum atomic E-state index is -0.323. The van der Waals surface area contributed by atoms with Gasteiger partial charge in [0.05, 0.1) is 9.39 Å². The van der Waals surface area contributed by atoms with Gasteiger partial charge < -0.3 is 10.1 Å². The van der Waals surface area contributed by atoms with Crippen LogP contribution < -0.4 is 10.1 Å². The van der Waals surface area contributed by atoms with Gasteiger partial charge in [0.25, 0.3) is 5.91 Å². The summed E-state index contributed by atoms with van der Waals surface area (Å²) in [6, 6.07) is 5.86. The van der Waals surface area contributed by atoms with Crippen molar-refractivity contribution in [3.8, 4) is 11.8 Å². The molecule has 0 bridgehead atoms. The third-order valence-electron chi connectivity index (χ3n) is 4.92. The van der Waals surface area contributed by atoms with Gasteiger partial charge in [-0.05, 0) is 73.4 Å². The molecule has 2 aromatic rings. The van der Waals surface area contributed by atoms with Gasteiger partial charge in [-0.3, -0.25) is 4.79 Å². The molecule has 0 saturated carbocycles. The maximum Gasteiger partial charge on any atom is 0.262 e. The quantitative estimate of drug-likeness (QED) is 0.623. The third-order valence-corrected chi connectivity index (χ3v) is 6.95. The van der Waals surface area contributed by atoms with Crippen molar-refractivity contribution < 1.29 is 9.53 Å². The molecule has 1 heterocycles. The maximum absolute atomic E-state index is 12.4. The van der Waals surface area contributed by atoms with Gasteiger partial charge in [0, 0.05) is 5.02 Å². The molecule has 0 saturated heterocycles. The van der Waals surface area contributed by atoms with Gasteiger partial charge in [-0.15, -0.1) is 11.3 Å². The Hall–Kier alpha value is -1.94. The van der Waals surface area contributed by atoms with Crippen LogP contribution in [0.5, 0.6) is 5.75 Å². The summed E-state index contributed by atoms with van der Waals surface area (Å²) in [5.74, 6) is 0.826. The molecular formula is C21H21ClN2O2S2. The van der Waals surface area contributed by atoms with Crippen LogP contribution in [0.25, 0.3) is 0 Å². The molecule has 4 nitrogen and oxygen atoms in total. The molecule has 1 aliphatic rings. The molecule has 1 unspecified atom stereocenters. The fourth-order valence-corrected chi connectivity index (χ4v) is 4.96. The second-order valence-electron chi connectivity index (χ2n) is 7.22. The Morgan fingerprint density at radius 1 is 1.39 bits per heavy atom. The lowest BCUT2D eigenvalue weighted by Gasteiger charge is -2.23. The third kappa shape index (κ3) is 4.38. The van der Waals surface area contributed by atoms with Crippen LogP contribution in [-0.4, -0.2) is 12.5 Å². The predicted molar refractivity (Wildman–Crippen MR) is 116 cm³/mol. The number of fused-ring (bicyclic) bond motifs is 1. The first kappa shape index (κ1) is 20.8. The zero-order chi connectivity index (χ0) is 20.4.